The molecular weight excluding hydrogens is 306 g/mol. The number of ether oxygens (including phenoxy) is 3. The van der Waals surface area contributed by atoms with E-state index in [0.717, 1.165) is 64.8 Å². The van der Waals surface area contributed by atoms with Crippen LogP contribution in [0, 0.1) is 17.3 Å². The number of aliphatic imine (C=N–C) groups is 1. The lowest BCUT2D eigenvalue weighted by Crippen LogP contribution is -2.68. The lowest BCUT2D eigenvalue weighted by Gasteiger charge is -2.54. The van der Waals surface area contributed by atoms with Crippen LogP contribution in [0.1, 0.15) is 33.1 Å². The summed E-state index contributed by atoms with van der Waals surface area (Å²) in [5, 5.41) is 7.01. The highest BCUT2D eigenvalue weighted by Gasteiger charge is 2.59. The van der Waals surface area contributed by atoms with E-state index < -0.39 is 0 Å². The van der Waals surface area contributed by atoms with E-state index in [1.165, 1.54) is 0 Å². The van der Waals surface area contributed by atoms with Gasteiger partial charge in [-0.25, -0.2) is 0 Å². The van der Waals surface area contributed by atoms with Crippen molar-refractivity contribution in [3.63, 3.8) is 0 Å². The van der Waals surface area contributed by atoms with Crippen molar-refractivity contribution >= 4 is 5.96 Å². The van der Waals surface area contributed by atoms with E-state index in [9.17, 15) is 0 Å². The van der Waals surface area contributed by atoms with Crippen LogP contribution in [0.4, 0.5) is 0 Å². The molecule has 2 saturated heterocycles. The maximum atomic E-state index is 5.85. The number of guanidine groups is 1. The topological polar surface area (TPSA) is 64.1 Å². The molecule has 6 nitrogen and oxygen atoms in total. The van der Waals surface area contributed by atoms with Gasteiger partial charge in [-0.2, -0.15) is 0 Å². The van der Waals surface area contributed by atoms with Gasteiger partial charge in [-0.15, -0.1) is 0 Å². The second-order valence-corrected chi connectivity index (χ2v) is 7.84. The van der Waals surface area contributed by atoms with Gasteiger partial charge in [0.1, 0.15) is 0 Å². The molecule has 138 valence electrons. The van der Waals surface area contributed by atoms with Gasteiger partial charge in [0, 0.05) is 56.7 Å². The molecule has 24 heavy (non-hydrogen) atoms. The molecule has 1 aliphatic carbocycles. The summed E-state index contributed by atoms with van der Waals surface area (Å²) in [6, 6.07) is 0.440. The van der Waals surface area contributed by atoms with Crippen molar-refractivity contribution in [1.29, 1.82) is 0 Å². The lowest BCUT2D eigenvalue weighted by molar-refractivity contribution is -0.106. The van der Waals surface area contributed by atoms with Gasteiger partial charge in [0.05, 0.1) is 19.3 Å². The number of nitrogens with zero attached hydrogens (tertiary/aromatic N) is 1. The summed E-state index contributed by atoms with van der Waals surface area (Å²) in [5.74, 6) is 2.10. The molecule has 0 radical (unpaired) electrons. The van der Waals surface area contributed by atoms with Crippen molar-refractivity contribution in [1.82, 2.24) is 10.6 Å². The summed E-state index contributed by atoms with van der Waals surface area (Å²) in [7, 11) is 1.83. The highest BCUT2D eigenvalue weighted by Crippen LogP contribution is 2.52. The first kappa shape index (κ1) is 18.0. The van der Waals surface area contributed by atoms with Gasteiger partial charge in [0.2, 0.25) is 0 Å². The highest BCUT2D eigenvalue weighted by molar-refractivity contribution is 5.80. The number of nitrogens with one attached hydrogen (secondary N) is 2. The molecule has 0 spiro atoms. The largest absolute Gasteiger partial charge is 0.381 e. The Kier molecular flexibility index (Phi) is 6.00. The van der Waals surface area contributed by atoms with Crippen LogP contribution in [-0.2, 0) is 14.2 Å². The third kappa shape index (κ3) is 3.86. The molecule has 4 unspecified atom stereocenters. The molecule has 0 amide bonds. The Hall–Kier alpha value is -0.850. The second kappa shape index (κ2) is 8.02. The van der Waals surface area contributed by atoms with E-state index in [4.69, 9.17) is 14.2 Å². The maximum absolute atomic E-state index is 5.85. The molecule has 0 aromatic carbocycles. The molecule has 2 heterocycles. The molecule has 3 fully saturated rings. The van der Waals surface area contributed by atoms with Crippen molar-refractivity contribution in [2.45, 2.75) is 45.3 Å². The van der Waals surface area contributed by atoms with Gasteiger partial charge in [-0.05, 0) is 19.3 Å². The average Bonchev–Trinajstić information content (AvgIpc) is 3.23. The van der Waals surface area contributed by atoms with Crippen LogP contribution in [0.2, 0.25) is 0 Å². The Balaban J connectivity index is 1.31. The Morgan fingerprint density at radius 1 is 1.29 bits per heavy atom. The maximum Gasteiger partial charge on any atom is 0.191 e. The summed E-state index contributed by atoms with van der Waals surface area (Å²) in [6.45, 7) is 9.70. The van der Waals surface area contributed by atoms with Crippen LogP contribution in [0.3, 0.4) is 0 Å². The van der Waals surface area contributed by atoms with Crippen molar-refractivity contribution in [2.75, 3.05) is 46.6 Å². The van der Waals surface area contributed by atoms with E-state index in [0.29, 0.717) is 24.0 Å². The standard InChI is InChI=1S/C18H33N3O3/c1-18(2)15(14-6-10-24-16(14)18)21-17(19-3)20-7-4-8-22-11-13-5-9-23-12-13/h13-16H,4-12H2,1-3H3,(H2,19,20,21). The predicted molar refractivity (Wildman–Crippen MR) is 94.3 cm³/mol. The minimum atomic E-state index is 0.172. The highest BCUT2D eigenvalue weighted by atomic mass is 16.5. The second-order valence-electron chi connectivity index (χ2n) is 7.84. The van der Waals surface area contributed by atoms with Crippen molar-refractivity contribution in [2.24, 2.45) is 22.2 Å². The van der Waals surface area contributed by atoms with E-state index in [1.54, 1.807) is 0 Å². The van der Waals surface area contributed by atoms with Gasteiger partial charge < -0.3 is 24.8 Å². The molecule has 3 aliphatic rings. The fourth-order valence-corrected chi connectivity index (χ4v) is 4.30. The van der Waals surface area contributed by atoms with Crippen LogP contribution in [0.15, 0.2) is 4.99 Å². The first-order valence-corrected chi connectivity index (χ1v) is 9.37. The van der Waals surface area contributed by atoms with Gasteiger partial charge in [-0.3, -0.25) is 4.99 Å². The van der Waals surface area contributed by atoms with E-state index in [1.807, 2.05) is 7.05 Å². The Morgan fingerprint density at radius 3 is 2.92 bits per heavy atom. The monoisotopic (exact) mass is 339 g/mol. The quantitative estimate of drug-likeness (QED) is 0.417. The molecule has 2 aliphatic heterocycles. The number of fused-ring (bicyclic) bond motifs is 1. The van der Waals surface area contributed by atoms with Crippen molar-refractivity contribution in [3.8, 4) is 0 Å². The minimum absolute atomic E-state index is 0.172. The fourth-order valence-electron chi connectivity index (χ4n) is 4.30. The van der Waals surface area contributed by atoms with Crippen LogP contribution >= 0.6 is 0 Å². The summed E-state index contributed by atoms with van der Waals surface area (Å²) in [6.07, 6.45) is 3.68. The first-order valence-electron chi connectivity index (χ1n) is 9.37. The van der Waals surface area contributed by atoms with E-state index >= 15 is 0 Å². The average molecular weight is 339 g/mol. The zero-order chi connectivity index (χ0) is 17.0. The molecule has 0 aromatic heterocycles. The van der Waals surface area contributed by atoms with Crippen molar-refractivity contribution < 1.29 is 14.2 Å². The molecule has 1 saturated carbocycles. The fraction of sp³-hybridized carbons (Fsp3) is 0.944. The lowest BCUT2D eigenvalue weighted by atomic mass is 9.57. The van der Waals surface area contributed by atoms with E-state index in [-0.39, 0.29) is 5.41 Å². The van der Waals surface area contributed by atoms with Crippen LogP contribution in [0.25, 0.3) is 0 Å². The molecule has 6 heteroatoms. The molecular formula is C18H33N3O3. The Labute approximate surface area is 145 Å². The number of hydrogen-bond acceptors (Lipinski definition) is 4. The number of hydrogen-bond donors (Lipinski definition) is 2. The zero-order valence-electron chi connectivity index (χ0n) is 15.3. The Bertz CT molecular complexity index is 435. The zero-order valence-corrected chi connectivity index (χ0v) is 15.3. The summed E-state index contributed by atoms with van der Waals surface area (Å²) < 4.78 is 16.9. The third-order valence-electron chi connectivity index (χ3n) is 5.75. The first-order chi connectivity index (χ1) is 11.6. The summed E-state index contributed by atoms with van der Waals surface area (Å²) in [5.41, 5.74) is 0.172. The summed E-state index contributed by atoms with van der Waals surface area (Å²) >= 11 is 0. The van der Waals surface area contributed by atoms with Gasteiger partial charge >= 0.3 is 0 Å². The predicted octanol–water partition coefficient (Wildman–Crippen LogP) is 1.41. The molecule has 2 N–H and O–H groups in total. The minimum Gasteiger partial charge on any atom is -0.381 e. The van der Waals surface area contributed by atoms with Crippen LogP contribution in [0.5, 0.6) is 0 Å². The van der Waals surface area contributed by atoms with Gasteiger partial charge in [-0.1, -0.05) is 13.8 Å². The molecule has 3 rings (SSSR count). The summed E-state index contributed by atoms with van der Waals surface area (Å²) in [4.78, 5) is 4.37. The molecule has 0 aromatic rings. The van der Waals surface area contributed by atoms with Crippen LogP contribution in [-0.4, -0.2) is 64.7 Å². The van der Waals surface area contributed by atoms with Gasteiger partial charge in [0.25, 0.3) is 0 Å². The third-order valence-corrected chi connectivity index (χ3v) is 5.75. The van der Waals surface area contributed by atoms with Gasteiger partial charge in [0.15, 0.2) is 5.96 Å². The van der Waals surface area contributed by atoms with E-state index in [2.05, 4.69) is 29.5 Å². The molecule has 0 bridgehead atoms. The molecule has 4 atom stereocenters. The number of rotatable bonds is 7. The smallest absolute Gasteiger partial charge is 0.191 e. The Morgan fingerprint density at radius 2 is 2.17 bits per heavy atom. The normalized spacial score (nSPS) is 34.7. The van der Waals surface area contributed by atoms with Crippen molar-refractivity contribution in [3.05, 3.63) is 0 Å². The SMILES string of the molecule is CN=C(NCCCOCC1CCOC1)NC1C2CCOC2C1(C)C. The van der Waals surface area contributed by atoms with Crippen LogP contribution < -0.4 is 10.6 Å².